The molecule has 86 valence electrons. The van der Waals surface area contributed by atoms with E-state index in [1.54, 1.807) is 18.5 Å². The maximum absolute atomic E-state index is 12.0. The molecule has 0 saturated carbocycles. The van der Waals surface area contributed by atoms with Gasteiger partial charge in [-0.15, -0.1) is 12.6 Å². The standard InChI is InChI=1S/C12H11N3OS/c1-8-2-3-10(17)4-11(8)12(16)15-9-5-13-7-14-6-9/h2-7,17H,1H3,(H,15,16). The van der Waals surface area contributed by atoms with Crippen LogP contribution >= 0.6 is 12.6 Å². The van der Waals surface area contributed by atoms with E-state index in [1.807, 2.05) is 19.1 Å². The van der Waals surface area contributed by atoms with Gasteiger partial charge in [0.2, 0.25) is 0 Å². The van der Waals surface area contributed by atoms with Crippen molar-refractivity contribution in [2.24, 2.45) is 0 Å². The van der Waals surface area contributed by atoms with Crippen LogP contribution in [-0.2, 0) is 0 Å². The van der Waals surface area contributed by atoms with Crippen molar-refractivity contribution in [1.82, 2.24) is 9.97 Å². The van der Waals surface area contributed by atoms with E-state index in [0.29, 0.717) is 11.3 Å². The highest BCUT2D eigenvalue weighted by Crippen LogP contribution is 2.15. The van der Waals surface area contributed by atoms with Gasteiger partial charge in [-0.05, 0) is 24.6 Å². The molecule has 1 amide bonds. The fraction of sp³-hybridized carbons (Fsp3) is 0.0833. The lowest BCUT2D eigenvalue weighted by Gasteiger charge is -2.07. The number of amides is 1. The average Bonchev–Trinajstić information content (AvgIpc) is 2.33. The lowest BCUT2D eigenvalue weighted by molar-refractivity contribution is 0.102. The number of nitrogens with one attached hydrogen (secondary N) is 1. The SMILES string of the molecule is Cc1ccc(S)cc1C(=O)Nc1cncnc1. The van der Waals surface area contributed by atoms with Crippen LogP contribution in [0.3, 0.4) is 0 Å². The molecule has 0 fully saturated rings. The topological polar surface area (TPSA) is 54.9 Å². The summed E-state index contributed by atoms with van der Waals surface area (Å²) < 4.78 is 0. The van der Waals surface area contributed by atoms with Crippen molar-refractivity contribution in [2.75, 3.05) is 5.32 Å². The first kappa shape index (κ1) is 11.6. The van der Waals surface area contributed by atoms with Gasteiger partial charge in [0.25, 0.3) is 5.91 Å². The minimum atomic E-state index is -0.187. The third-order valence-corrected chi connectivity index (χ3v) is 2.56. The van der Waals surface area contributed by atoms with Crippen molar-refractivity contribution in [3.63, 3.8) is 0 Å². The van der Waals surface area contributed by atoms with E-state index in [9.17, 15) is 4.79 Å². The van der Waals surface area contributed by atoms with Crippen LogP contribution in [0.5, 0.6) is 0 Å². The number of carbonyl (C=O) groups excluding carboxylic acids is 1. The van der Waals surface area contributed by atoms with Gasteiger partial charge in [0, 0.05) is 10.5 Å². The van der Waals surface area contributed by atoms with Crippen molar-refractivity contribution in [1.29, 1.82) is 0 Å². The predicted octanol–water partition coefficient (Wildman–Crippen LogP) is 2.33. The molecular formula is C12H11N3OS. The summed E-state index contributed by atoms with van der Waals surface area (Å²) in [6, 6.07) is 5.44. The van der Waals surface area contributed by atoms with Crippen LogP contribution in [0.25, 0.3) is 0 Å². The smallest absolute Gasteiger partial charge is 0.256 e. The summed E-state index contributed by atoms with van der Waals surface area (Å²) in [5.74, 6) is -0.187. The summed E-state index contributed by atoms with van der Waals surface area (Å²) in [4.78, 5) is 20.4. The molecule has 0 saturated heterocycles. The average molecular weight is 245 g/mol. The molecule has 0 unspecified atom stereocenters. The zero-order valence-corrected chi connectivity index (χ0v) is 10.1. The summed E-state index contributed by atoms with van der Waals surface area (Å²) in [6.07, 6.45) is 4.50. The summed E-state index contributed by atoms with van der Waals surface area (Å²) in [5.41, 5.74) is 2.07. The summed E-state index contributed by atoms with van der Waals surface area (Å²) in [6.45, 7) is 1.88. The molecule has 0 atom stereocenters. The number of benzene rings is 1. The van der Waals surface area contributed by atoms with Crippen LogP contribution in [0.2, 0.25) is 0 Å². The molecule has 17 heavy (non-hydrogen) atoms. The van der Waals surface area contributed by atoms with Crippen molar-refractivity contribution in [2.45, 2.75) is 11.8 Å². The second-order valence-electron chi connectivity index (χ2n) is 3.58. The number of hydrogen-bond acceptors (Lipinski definition) is 4. The van der Waals surface area contributed by atoms with E-state index in [0.717, 1.165) is 10.5 Å². The zero-order chi connectivity index (χ0) is 12.3. The van der Waals surface area contributed by atoms with Crippen LogP contribution in [0.4, 0.5) is 5.69 Å². The molecule has 1 N–H and O–H groups in total. The predicted molar refractivity (Wildman–Crippen MR) is 68.4 cm³/mol. The Bertz CT molecular complexity index is 543. The fourth-order valence-electron chi connectivity index (χ4n) is 1.42. The quantitative estimate of drug-likeness (QED) is 0.798. The van der Waals surface area contributed by atoms with E-state index < -0.39 is 0 Å². The Hall–Kier alpha value is -1.88. The maximum atomic E-state index is 12.0. The minimum absolute atomic E-state index is 0.187. The monoisotopic (exact) mass is 245 g/mol. The molecule has 1 aromatic heterocycles. The molecule has 2 aromatic rings. The van der Waals surface area contributed by atoms with Gasteiger partial charge < -0.3 is 5.32 Å². The second-order valence-corrected chi connectivity index (χ2v) is 4.10. The van der Waals surface area contributed by atoms with Crippen LogP contribution in [0, 0.1) is 6.92 Å². The first-order valence-electron chi connectivity index (χ1n) is 5.03. The molecule has 5 heteroatoms. The molecule has 0 aliphatic carbocycles. The lowest BCUT2D eigenvalue weighted by atomic mass is 10.1. The van der Waals surface area contributed by atoms with E-state index in [1.165, 1.54) is 6.33 Å². The van der Waals surface area contributed by atoms with E-state index in [-0.39, 0.29) is 5.91 Å². The summed E-state index contributed by atoms with van der Waals surface area (Å²) in [7, 11) is 0. The molecule has 2 rings (SSSR count). The number of anilines is 1. The van der Waals surface area contributed by atoms with Gasteiger partial charge in [-0.1, -0.05) is 6.07 Å². The third-order valence-electron chi connectivity index (χ3n) is 2.28. The van der Waals surface area contributed by atoms with Gasteiger partial charge in [-0.25, -0.2) is 9.97 Å². The molecular weight excluding hydrogens is 234 g/mol. The van der Waals surface area contributed by atoms with Gasteiger partial charge in [0.15, 0.2) is 0 Å². The number of aromatic nitrogens is 2. The van der Waals surface area contributed by atoms with Crippen LogP contribution in [0.1, 0.15) is 15.9 Å². The van der Waals surface area contributed by atoms with Crippen molar-refractivity contribution in [3.8, 4) is 0 Å². The number of nitrogens with zero attached hydrogens (tertiary/aromatic N) is 2. The Balaban J connectivity index is 2.23. The normalized spacial score (nSPS) is 10.0. The molecule has 0 radical (unpaired) electrons. The first-order valence-corrected chi connectivity index (χ1v) is 5.47. The number of aryl methyl sites for hydroxylation is 1. The first-order chi connectivity index (χ1) is 8.16. The maximum Gasteiger partial charge on any atom is 0.256 e. The Kier molecular flexibility index (Phi) is 3.39. The molecule has 1 aromatic carbocycles. The summed E-state index contributed by atoms with van der Waals surface area (Å²) >= 11 is 4.22. The summed E-state index contributed by atoms with van der Waals surface area (Å²) in [5, 5.41) is 2.73. The number of rotatable bonds is 2. The van der Waals surface area contributed by atoms with Crippen molar-refractivity contribution < 1.29 is 4.79 Å². The molecule has 0 aliphatic heterocycles. The molecule has 0 bridgehead atoms. The Morgan fingerprint density at radius 1 is 1.29 bits per heavy atom. The largest absolute Gasteiger partial charge is 0.319 e. The highest BCUT2D eigenvalue weighted by atomic mass is 32.1. The number of thiol groups is 1. The lowest BCUT2D eigenvalue weighted by Crippen LogP contribution is -2.13. The molecule has 0 spiro atoms. The van der Waals surface area contributed by atoms with E-state index >= 15 is 0 Å². The van der Waals surface area contributed by atoms with E-state index in [2.05, 4.69) is 27.9 Å². The van der Waals surface area contributed by atoms with Gasteiger partial charge in [0.1, 0.15) is 6.33 Å². The Morgan fingerprint density at radius 3 is 2.71 bits per heavy atom. The highest BCUT2D eigenvalue weighted by molar-refractivity contribution is 7.80. The zero-order valence-electron chi connectivity index (χ0n) is 9.21. The van der Waals surface area contributed by atoms with Gasteiger partial charge in [-0.3, -0.25) is 4.79 Å². The van der Waals surface area contributed by atoms with Crippen LogP contribution < -0.4 is 5.32 Å². The number of carbonyl (C=O) groups is 1. The van der Waals surface area contributed by atoms with Crippen molar-refractivity contribution >= 4 is 24.2 Å². The van der Waals surface area contributed by atoms with Gasteiger partial charge >= 0.3 is 0 Å². The van der Waals surface area contributed by atoms with Crippen molar-refractivity contribution in [3.05, 3.63) is 48.0 Å². The molecule has 4 nitrogen and oxygen atoms in total. The third kappa shape index (κ3) is 2.82. The van der Waals surface area contributed by atoms with Crippen LogP contribution in [-0.4, -0.2) is 15.9 Å². The molecule has 1 heterocycles. The van der Waals surface area contributed by atoms with Gasteiger partial charge in [0.05, 0.1) is 18.1 Å². The highest BCUT2D eigenvalue weighted by Gasteiger charge is 2.09. The Labute approximate surface area is 105 Å². The number of hydrogen-bond donors (Lipinski definition) is 2. The Morgan fingerprint density at radius 2 is 2.00 bits per heavy atom. The van der Waals surface area contributed by atoms with Gasteiger partial charge in [-0.2, -0.15) is 0 Å². The minimum Gasteiger partial charge on any atom is -0.319 e. The van der Waals surface area contributed by atoms with Crippen LogP contribution in [0.15, 0.2) is 41.8 Å². The fourth-order valence-corrected chi connectivity index (χ4v) is 1.62. The molecule has 0 aliphatic rings. The second kappa shape index (κ2) is 4.97. The van der Waals surface area contributed by atoms with E-state index in [4.69, 9.17) is 0 Å².